The number of hydrogen-bond donors (Lipinski definition) is 1. The number of azide groups is 1. The van der Waals surface area contributed by atoms with Crippen LogP contribution in [0.3, 0.4) is 0 Å². The Kier molecular flexibility index (Phi) is 4.63. The van der Waals surface area contributed by atoms with Crippen LogP contribution in [0.25, 0.3) is 10.4 Å². The summed E-state index contributed by atoms with van der Waals surface area (Å²) >= 11 is 0. The third-order valence-corrected chi connectivity index (χ3v) is 2.63. The van der Waals surface area contributed by atoms with Gasteiger partial charge in [0.25, 0.3) is 0 Å². The monoisotopic (exact) mass is 240 g/mol. The second-order valence-electron chi connectivity index (χ2n) is 5.31. The Balaban J connectivity index is 2.53. The van der Waals surface area contributed by atoms with Crippen LogP contribution in [0.1, 0.15) is 46.5 Å². The molecule has 0 saturated heterocycles. The number of carbonyl (C=O) groups is 1. The van der Waals surface area contributed by atoms with E-state index >= 15 is 0 Å². The SMILES string of the molecule is CC(C)(C)OC(=O)N[C@H]1CCCC[C@H]1N=[N+]=[N-]. The Hall–Kier alpha value is -1.42. The summed E-state index contributed by atoms with van der Waals surface area (Å²) in [5.74, 6) is 0. The van der Waals surface area contributed by atoms with Crippen molar-refractivity contribution < 1.29 is 9.53 Å². The van der Waals surface area contributed by atoms with Gasteiger partial charge in [-0.15, -0.1) is 0 Å². The lowest BCUT2D eigenvalue weighted by molar-refractivity contribution is 0.0486. The molecule has 1 aliphatic rings. The summed E-state index contributed by atoms with van der Waals surface area (Å²) in [5.41, 5.74) is 7.96. The molecule has 1 rings (SSSR count). The van der Waals surface area contributed by atoms with Gasteiger partial charge in [0, 0.05) is 11.0 Å². The van der Waals surface area contributed by atoms with Crippen molar-refractivity contribution in [2.45, 2.75) is 64.1 Å². The molecule has 0 aromatic carbocycles. The second kappa shape index (κ2) is 5.77. The Morgan fingerprint density at radius 2 is 2.06 bits per heavy atom. The predicted molar refractivity (Wildman–Crippen MR) is 64.6 cm³/mol. The van der Waals surface area contributed by atoms with Crippen molar-refractivity contribution in [2.24, 2.45) is 5.11 Å². The summed E-state index contributed by atoms with van der Waals surface area (Å²) in [6.45, 7) is 5.45. The van der Waals surface area contributed by atoms with E-state index in [-0.39, 0.29) is 12.1 Å². The molecule has 0 bridgehead atoms. The topological polar surface area (TPSA) is 87.1 Å². The minimum Gasteiger partial charge on any atom is -0.444 e. The van der Waals surface area contributed by atoms with Crippen molar-refractivity contribution in [3.8, 4) is 0 Å². The van der Waals surface area contributed by atoms with E-state index in [0.29, 0.717) is 0 Å². The fourth-order valence-electron chi connectivity index (χ4n) is 1.94. The van der Waals surface area contributed by atoms with Crippen LogP contribution < -0.4 is 5.32 Å². The first-order valence-electron chi connectivity index (χ1n) is 5.96. The highest BCUT2D eigenvalue weighted by Crippen LogP contribution is 2.22. The summed E-state index contributed by atoms with van der Waals surface area (Å²) in [6, 6.07) is -0.254. The number of carbonyl (C=O) groups excluding carboxylic acids is 1. The molecule has 2 atom stereocenters. The van der Waals surface area contributed by atoms with Gasteiger partial charge in [-0.25, -0.2) is 4.79 Å². The van der Waals surface area contributed by atoms with E-state index in [1.54, 1.807) is 0 Å². The quantitative estimate of drug-likeness (QED) is 0.456. The van der Waals surface area contributed by atoms with Crippen molar-refractivity contribution in [3.63, 3.8) is 0 Å². The van der Waals surface area contributed by atoms with Gasteiger partial charge in [0.05, 0.1) is 6.04 Å². The van der Waals surface area contributed by atoms with Gasteiger partial charge in [0.15, 0.2) is 0 Å². The highest BCUT2D eigenvalue weighted by Gasteiger charge is 2.27. The van der Waals surface area contributed by atoms with Crippen LogP contribution in [0.5, 0.6) is 0 Å². The van der Waals surface area contributed by atoms with Crippen molar-refractivity contribution in [1.82, 2.24) is 5.32 Å². The first kappa shape index (κ1) is 13.6. The van der Waals surface area contributed by atoms with Crippen LogP contribution in [-0.4, -0.2) is 23.8 Å². The molecule has 17 heavy (non-hydrogen) atoms. The molecule has 6 heteroatoms. The summed E-state index contributed by atoms with van der Waals surface area (Å²) in [7, 11) is 0. The van der Waals surface area contributed by atoms with Gasteiger partial charge in [-0.3, -0.25) is 0 Å². The van der Waals surface area contributed by atoms with E-state index in [4.69, 9.17) is 10.3 Å². The van der Waals surface area contributed by atoms with Gasteiger partial charge < -0.3 is 10.1 Å². The van der Waals surface area contributed by atoms with Gasteiger partial charge in [-0.1, -0.05) is 18.0 Å². The van der Waals surface area contributed by atoms with Crippen LogP contribution in [0.4, 0.5) is 4.79 Å². The van der Waals surface area contributed by atoms with Crippen LogP contribution in [0, 0.1) is 0 Å². The van der Waals surface area contributed by atoms with Crippen molar-refractivity contribution in [1.29, 1.82) is 0 Å². The molecule has 1 N–H and O–H groups in total. The second-order valence-corrected chi connectivity index (χ2v) is 5.31. The number of hydrogen-bond acceptors (Lipinski definition) is 3. The Labute approximate surface area is 101 Å². The number of nitrogens with one attached hydrogen (secondary N) is 1. The molecular weight excluding hydrogens is 220 g/mol. The van der Waals surface area contributed by atoms with Gasteiger partial charge in [-0.2, -0.15) is 0 Å². The van der Waals surface area contributed by atoms with E-state index < -0.39 is 11.7 Å². The van der Waals surface area contributed by atoms with Crippen molar-refractivity contribution in [2.75, 3.05) is 0 Å². The molecule has 0 aromatic rings. The van der Waals surface area contributed by atoms with Crippen molar-refractivity contribution >= 4 is 6.09 Å². The fraction of sp³-hybridized carbons (Fsp3) is 0.909. The summed E-state index contributed by atoms with van der Waals surface area (Å²) in [6.07, 6.45) is 3.30. The largest absolute Gasteiger partial charge is 0.444 e. The van der Waals surface area contributed by atoms with Gasteiger partial charge >= 0.3 is 6.09 Å². The molecule has 0 unspecified atom stereocenters. The van der Waals surface area contributed by atoms with Gasteiger partial charge in [0.1, 0.15) is 5.60 Å². The summed E-state index contributed by atoms with van der Waals surface area (Å²) < 4.78 is 5.18. The average Bonchev–Trinajstić information content (AvgIpc) is 2.18. The smallest absolute Gasteiger partial charge is 0.407 e. The summed E-state index contributed by atoms with van der Waals surface area (Å²) in [5, 5.41) is 6.51. The first-order valence-corrected chi connectivity index (χ1v) is 5.96. The molecule has 0 radical (unpaired) electrons. The maximum absolute atomic E-state index is 11.6. The number of amides is 1. The number of ether oxygens (including phenoxy) is 1. The lowest BCUT2D eigenvalue weighted by Crippen LogP contribution is -2.46. The lowest BCUT2D eigenvalue weighted by Gasteiger charge is -2.30. The third kappa shape index (κ3) is 4.95. The van der Waals surface area contributed by atoms with Gasteiger partial charge in [-0.05, 0) is 39.1 Å². The van der Waals surface area contributed by atoms with E-state index in [0.717, 1.165) is 25.7 Å². The molecule has 1 aliphatic carbocycles. The minimum absolute atomic E-state index is 0.102. The maximum atomic E-state index is 11.6. The molecule has 0 heterocycles. The maximum Gasteiger partial charge on any atom is 0.407 e. The Bertz CT molecular complexity index is 318. The van der Waals surface area contributed by atoms with E-state index in [1.807, 2.05) is 20.8 Å². The molecule has 6 nitrogen and oxygen atoms in total. The molecular formula is C11H20N4O2. The van der Waals surface area contributed by atoms with Crippen LogP contribution in [0.15, 0.2) is 5.11 Å². The fourth-order valence-corrected chi connectivity index (χ4v) is 1.94. The summed E-state index contributed by atoms with van der Waals surface area (Å²) in [4.78, 5) is 14.4. The van der Waals surface area contributed by atoms with E-state index in [2.05, 4.69) is 15.3 Å². The van der Waals surface area contributed by atoms with Crippen LogP contribution >= 0.6 is 0 Å². The zero-order valence-corrected chi connectivity index (χ0v) is 10.6. The normalized spacial score (nSPS) is 24.6. The highest BCUT2D eigenvalue weighted by atomic mass is 16.6. The molecule has 1 amide bonds. The predicted octanol–water partition coefficient (Wildman–Crippen LogP) is 3.13. The van der Waals surface area contributed by atoms with E-state index in [1.165, 1.54) is 0 Å². The van der Waals surface area contributed by atoms with Gasteiger partial charge in [0.2, 0.25) is 0 Å². The average molecular weight is 240 g/mol. The standard InChI is InChI=1S/C11H20N4O2/c1-11(2,3)17-10(16)13-8-6-4-5-7-9(8)14-15-12/h8-9H,4-7H2,1-3H3,(H,13,16)/t8-,9+/m0/s1. The number of alkyl carbamates (subject to hydrolysis) is 1. The minimum atomic E-state index is -0.507. The van der Waals surface area contributed by atoms with E-state index in [9.17, 15) is 4.79 Å². The molecule has 0 aliphatic heterocycles. The van der Waals surface area contributed by atoms with Crippen LogP contribution in [-0.2, 0) is 4.74 Å². The molecule has 0 aromatic heterocycles. The zero-order valence-electron chi connectivity index (χ0n) is 10.6. The van der Waals surface area contributed by atoms with Crippen LogP contribution in [0.2, 0.25) is 0 Å². The molecule has 1 saturated carbocycles. The molecule has 96 valence electrons. The van der Waals surface area contributed by atoms with Crippen molar-refractivity contribution in [3.05, 3.63) is 10.4 Å². The lowest BCUT2D eigenvalue weighted by atomic mass is 9.91. The third-order valence-electron chi connectivity index (χ3n) is 2.63. The number of rotatable bonds is 2. The zero-order chi connectivity index (χ0) is 12.9. The molecule has 0 spiro atoms. The first-order chi connectivity index (χ1) is 7.92. The molecule has 1 fully saturated rings. The Morgan fingerprint density at radius 3 is 2.65 bits per heavy atom. The number of nitrogens with zero attached hydrogens (tertiary/aromatic N) is 3. The highest BCUT2D eigenvalue weighted by molar-refractivity contribution is 5.68. The Morgan fingerprint density at radius 1 is 1.41 bits per heavy atom.